The van der Waals surface area contributed by atoms with Gasteiger partial charge in [-0.2, -0.15) is 0 Å². The van der Waals surface area contributed by atoms with E-state index in [9.17, 15) is 8.78 Å². The fraction of sp³-hybridized carbons (Fsp3) is 0.250. The molecule has 1 aromatic rings. The molecule has 0 radical (unpaired) electrons. The number of nitrogens with two attached hydrogens (primary N) is 2. The molecule has 1 aromatic carbocycles. The van der Waals surface area contributed by atoms with Crippen LogP contribution >= 0.6 is 0 Å². The van der Waals surface area contributed by atoms with Crippen molar-refractivity contribution in [3.63, 3.8) is 0 Å². The van der Waals surface area contributed by atoms with E-state index in [1.54, 1.807) is 0 Å². The molecular formula is C12H15F2N3. The second-order valence-corrected chi connectivity index (χ2v) is 3.96. The van der Waals surface area contributed by atoms with Gasteiger partial charge in [0.15, 0.2) is 0 Å². The van der Waals surface area contributed by atoms with E-state index in [-0.39, 0.29) is 17.4 Å². The molecule has 4 N–H and O–H groups in total. The molecule has 0 amide bonds. The minimum Gasteiger partial charge on any atom is -0.402 e. The summed E-state index contributed by atoms with van der Waals surface area (Å²) >= 11 is 0. The summed E-state index contributed by atoms with van der Waals surface area (Å²) in [6.07, 6.45) is 1.48. The summed E-state index contributed by atoms with van der Waals surface area (Å²) in [7, 11) is 0. The van der Waals surface area contributed by atoms with Gasteiger partial charge in [0.2, 0.25) is 0 Å². The topological polar surface area (TPSA) is 64.4 Å². The lowest BCUT2D eigenvalue weighted by Gasteiger charge is -2.04. The SMILES string of the molecule is CC(C)C(N)=CC(N)=Nc1cc(F)cc(F)c1. The molecule has 0 aliphatic rings. The third-order valence-corrected chi connectivity index (χ3v) is 2.09. The van der Waals surface area contributed by atoms with E-state index in [4.69, 9.17) is 11.5 Å². The van der Waals surface area contributed by atoms with Crippen molar-refractivity contribution in [2.75, 3.05) is 0 Å². The van der Waals surface area contributed by atoms with E-state index in [1.807, 2.05) is 13.8 Å². The first kappa shape index (κ1) is 13.2. The molecule has 1 rings (SSSR count). The normalized spacial score (nSPS) is 13.2. The molecule has 3 nitrogen and oxygen atoms in total. The highest BCUT2D eigenvalue weighted by Crippen LogP contribution is 2.16. The van der Waals surface area contributed by atoms with Gasteiger partial charge in [0.1, 0.15) is 17.5 Å². The van der Waals surface area contributed by atoms with Crippen LogP contribution in [0.2, 0.25) is 0 Å². The van der Waals surface area contributed by atoms with Crippen molar-refractivity contribution in [1.82, 2.24) is 0 Å². The number of rotatable bonds is 3. The van der Waals surface area contributed by atoms with Crippen LogP contribution in [-0.4, -0.2) is 5.84 Å². The Labute approximate surface area is 98.8 Å². The maximum absolute atomic E-state index is 12.9. The maximum Gasteiger partial charge on any atom is 0.128 e. The van der Waals surface area contributed by atoms with Crippen molar-refractivity contribution in [1.29, 1.82) is 0 Å². The van der Waals surface area contributed by atoms with Crippen LogP contribution in [0, 0.1) is 17.6 Å². The molecule has 0 saturated carbocycles. The van der Waals surface area contributed by atoms with Gasteiger partial charge in [-0.15, -0.1) is 0 Å². The van der Waals surface area contributed by atoms with Gasteiger partial charge in [0, 0.05) is 11.8 Å². The Hall–Kier alpha value is -1.91. The Bertz CT molecular complexity index is 445. The quantitative estimate of drug-likeness (QED) is 0.628. The molecule has 0 atom stereocenters. The maximum atomic E-state index is 12.9. The predicted octanol–water partition coefficient (Wildman–Crippen LogP) is 2.45. The molecule has 17 heavy (non-hydrogen) atoms. The number of hydrogen-bond acceptors (Lipinski definition) is 2. The minimum atomic E-state index is -0.697. The van der Waals surface area contributed by atoms with Gasteiger partial charge in [-0.3, -0.25) is 0 Å². The Balaban J connectivity index is 2.99. The van der Waals surface area contributed by atoms with Gasteiger partial charge in [0.25, 0.3) is 0 Å². The van der Waals surface area contributed by atoms with Crippen LogP contribution in [0.15, 0.2) is 35.0 Å². The van der Waals surface area contributed by atoms with Crippen LogP contribution in [0.1, 0.15) is 13.8 Å². The zero-order valence-electron chi connectivity index (χ0n) is 9.74. The van der Waals surface area contributed by atoms with Gasteiger partial charge in [0.05, 0.1) is 5.69 Å². The predicted molar refractivity (Wildman–Crippen MR) is 64.7 cm³/mol. The van der Waals surface area contributed by atoms with Crippen LogP contribution < -0.4 is 11.5 Å². The molecule has 0 unspecified atom stereocenters. The number of allylic oxidation sites excluding steroid dienone is 1. The Morgan fingerprint density at radius 2 is 1.71 bits per heavy atom. The van der Waals surface area contributed by atoms with Crippen LogP contribution in [-0.2, 0) is 0 Å². The standard InChI is InChI=1S/C12H15F2N3/c1-7(2)11(15)6-12(16)17-10-4-8(13)3-9(14)5-10/h3-7H,15H2,1-2H3,(H2,16,17). The van der Waals surface area contributed by atoms with E-state index in [0.29, 0.717) is 5.70 Å². The number of benzene rings is 1. The monoisotopic (exact) mass is 239 g/mol. The zero-order valence-corrected chi connectivity index (χ0v) is 9.74. The summed E-state index contributed by atoms with van der Waals surface area (Å²) in [6.45, 7) is 3.81. The minimum absolute atomic E-state index is 0.112. The van der Waals surface area contributed by atoms with E-state index < -0.39 is 11.6 Å². The van der Waals surface area contributed by atoms with Crippen LogP contribution in [0.25, 0.3) is 0 Å². The Kier molecular flexibility index (Phi) is 4.20. The number of hydrogen-bond donors (Lipinski definition) is 2. The average molecular weight is 239 g/mol. The number of halogens is 2. The fourth-order valence-electron chi connectivity index (χ4n) is 1.12. The molecular weight excluding hydrogens is 224 g/mol. The summed E-state index contributed by atoms with van der Waals surface area (Å²) in [6, 6.07) is 2.96. The van der Waals surface area contributed by atoms with Crippen LogP contribution in [0.5, 0.6) is 0 Å². The Morgan fingerprint density at radius 1 is 1.18 bits per heavy atom. The second kappa shape index (κ2) is 5.43. The largest absolute Gasteiger partial charge is 0.402 e. The van der Waals surface area contributed by atoms with Crippen molar-refractivity contribution in [3.8, 4) is 0 Å². The first-order chi connectivity index (χ1) is 7.88. The van der Waals surface area contributed by atoms with Gasteiger partial charge >= 0.3 is 0 Å². The average Bonchev–Trinajstić information content (AvgIpc) is 2.14. The van der Waals surface area contributed by atoms with Crippen LogP contribution in [0.4, 0.5) is 14.5 Å². The molecule has 0 bridgehead atoms. The summed E-state index contributed by atoms with van der Waals surface area (Å²) in [4.78, 5) is 3.86. The van der Waals surface area contributed by atoms with Crippen molar-refractivity contribution in [3.05, 3.63) is 41.6 Å². The van der Waals surface area contributed by atoms with Crippen molar-refractivity contribution in [2.24, 2.45) is 22.4 Å². The number of nitrogens with zero attached hydrogens (tertiary/aromatic N) is 1. The van der Waals surface area contributed by atoms with Crippen molar-refractivity contribution >= 4 is 11.5 Å². The van der Waals surface area contributed by atoms with E-state index in [1.165, 1.54) is 6.08 Å². The molecule has 0 saturated heterocycles. The summed E-state index contributed by atoms with van der Waals surface area (Å²) in [5.74, 6) is -1.15. The van der Waals surface area contributed by atoms with E-state index >= 15 is 0 Å². The van der Waals surface area contributed by atoms with Gasteiger partial charge < -0.3 is 11.5 Å². The highest BCUT2D eigenvalue weighted by molar-refractivity contribution is 5.93. The number of amidine groups is 1. The summed E-state index contributed by atoms with van der Waals surface area (Å²) in [5, 5.41) is 0. The second-order valence-electron chi connectivity index (χ2n) is 3.96. The molecule has 0 fully saturated rings. The van der Waals surface area contributed by atoms with E-state index in [0.717, 1.165) is 18.2 Å². The first-order valence-corrected chi connectivity index (χ1v) is 5.16. The molecule has 5 heteroatoms. The molecule has 92 valence electrons. The van der Waals surface area contributed by atoms with Gasteiger partial charge in [-0.05, 0) is 24.1 Å². The van der Waals surface area contributed by atoms with Crippen molar-refractivity contribution in [2.45, 2.75) is 13.8 Å². The third kappa shape index (κ3) is 4.22. The first-order valence-electron chi connectivity index (χ1n) is 5.16. The smallest absolute Gasteiger partial charge is 0.128 e. The lowest BCUT2D eigenvalue weighted by atomic mass is 10.1. The third-order valence-electron chi connectivity index (χ3n) is 2.09. The highest BCUT2D eigenvalue weighted by Gasteiger charge is 2.01. The highest BCUT2D eigenvalue weighted by atomic mass is 19.1. The van der Waals surface area contributed by atoms with Gasteiger partial charge in [-0.1, -0.05) is 13.8 Å². The van der Waals surface area contributed by atoms with Crippen molar-refractivity contribution < 1.29 is 8.78 Å². The Morgan fingerprint density at radius 3 is 2.18 bits per heavy atom. The zero-order chi connectivity index (χ0) is 13.0. The number of aliphatic imine (C=N–C) groups is 1. The molecule has 0 spiro atoms. The lowest BCUT2D eigenvalue weighted by Crippen LogP contribution is -2.14. The lowest BCUT2D eigenvalue weighted by molar-refractivity contribution is 0.584. The molecule has 0 aliphatic heterocycles. The van der Waals surface area contributed by atoms with Crippen LogP contribution in [0.3, 0.4) is 0 Å². The van der Waals surface area contributed by atoms with Gasteiger partial charge in [-0.25, -0.2) is 13.8 Å². The molecule has 0 aliphatic carbocycles. The van der Waals surface area contributed by atoms with E-state index in [2.05, 4.69) is 4.99 Å². The summed E-state index contributed by atoms with van der Waals surface area (Å²) in [5.41, 5.74) is 12.0. The summed E-state index contributed by atoms with van der Waals surface area (Å²) < 4.78 is 25.8. The molecule has 0 heterocycles. The molecule has 0 aromatic heterocycles. The fourth-order valence-corrected chi connectivity index (χ4v) is 1.12.